The number of anilines is 2. The molecule has 0 unspecified atom stereocenters. The van der Waals surface area contributed by atoms with Crippen LogP contribution in [0, 0.1) is 23.0 Å². The molecule has 43 heavy (non-hydrogen) atoms. The van der Waals surface area contributed by atoms with Crippen molar-refractivity contribution in [3.05, 3.63) is 34.4 Å². The summed E-state index contributed by atoms with van der Waals surface area (Å²) in [7, 11) is 3.11. The van der Waals surface area contributed by atoms with Crippen LogP contribution < -0.4 is 25.8 Å². The highest BCUT2D eigenvalue weighted by Gasteiger charge is 2.49. The number of rotatable bonds is 8. The third-order valence-corrected chi connectivity index (χ3v) is 9.79. The van der Waals surface area contributed by atoms with Crippen molar-refractivity contribution in [2.45, 2.75) is 31.0 Å². The summed E-state index contributed by atoms with van der Waals surface area (Å²) in [5, 5.41) is 10.1. The second-order valence-electron chi connectivity index (χ2n) is 10.9. The Labute approximate surface area is 254 Å². The minimum absolute atomic E-state index is 0.0159. The van der Waals surface area contributed by atoms with Crippen molar-refractivity contribution in [2.75, 3.05) is 57.6 Å². The molecule has 2 aromatic heterocycles. The Morgan fingerprint density at radius 3 is 2.81 bits per heavy atom. The first-order valence-corrected chi connectivity index (χ1v) is 14.9. The highest BCUT2D eigenvalue weighted by atomic mass is 35.5. The average molecular weight is 632 g/mol. The molecule has 226 valence electrons. The first-order valence-electron chi connectivity index (χ1n) is 13.7. The molecule has 0 amide bonds. The van der Waals surface area contributed by atoms with Crippen LogP contribution in [0.1, 0.15) is 24.8 Å². The van der Waals surface area contributed by atoms with Crippen LogP contribution in [-0.2, 0) is 0 Å². The van der Waals surface area contributed by atoms with Gasteiger partial charge in [-0.1, -0.05) is 17.7 Å². The second-order valence-corrected chi connectivity index (χ2v) is 12.3. The Morgan fingerprint density at radius 1 is 1.30 bits per heavy atom. The largest absolute Gasteiger partial charge is 0.494 e. The van der Waals surface area contributed by atoms with Gasteiger partial charge in [-0.05, 0) is 31.0 Å². The number of hydrogen-bond acceptors (Lipinski definition) is 10. The molecule has 4 N–H and O–H groups in total. The van der Waals surface area contributed by atoms with Gasteiger partial charge < -0.3 is 25.8 Å². The number of fused-ring (bicyclic) bond motifs is 3. The smallest absolute Gasteiger partial charge is 0.319 e. The minimum atomic E-state index is -0.948. The fourth-order valence-electron chi connectivity index (χ4n) is 6.46. The maximum Gasteiger partial charge on any atom is 0.319 e. The van der Waals surface area contributed by atoms with Gasteiger partial charge in [-0.3, -0.25) is 4.90 Å². The van der Waals surface area contributed by atoms with Gasteiger partial charge in [0, 0.05) is 44.1 Å². The van der Waals surface area contributed by atoms with Gasteiger partial charge in [-0.15, -0.1) is 11.3 Å². The van der Waals surface area contributed by atoms with Crippen LogP contribution in [0.15, 0.2) is 12.1 Å². The van der Waals surface area contributed by atoms with Crippen molar-refractivity contribution < 1.29 is 22.6 Å². The summed E-state index contributed by atoms with van der Waals surface area (Å²) in [6, 6.07) is 4.41. The summed E-state index contributed by atoms with van der Waals surface area (Å²) in [5.41, 5.74) is 11.3. The average Bonchev–Trinajstić information content (AvgIpc) is 3.62. The number of alkyl halides is 1. The van der Waals surface area contributed by atoms with Crippen molar-refractivity contribution >= 4 is 54.7 Å². The van der Waals surface area contributed by atoms with E-state index in [1.165, 1.54) is 19.2 Å². The zero-order chi connectivity index (χ0) is 30.6. The van der Waals surface area contributed by atoms with Crippen LogP contribution in [0.25, 0.3) is 32.1 Å². The molecule has 2 saturated heterocycles. The molecular weight excluding hydrogens is 603 g/mol. The first-order chi connectivity index (χ1) is 20.6. The maximum atomic E-state index is 16.8. The quantitative estimate of drug-likeness (QED) is 0.268. The molecule has 0 aliphatic carbocycles. The van der Waals surface area contributed by atoms with Gasteiger partial charge in [0.05, 0.1) is 33.3 Å². The van der Waals surface area contributed by atoms with Crippen molar-refractivity contribution in [3.8, 4) is 29.0 Å². The predicted octanol–water partition coefficient (Wildman–Crippen LogP) is 5.26. The number of nitrogens with zero attached hydrogens (tertiary/aromatic N) is 5. The van der Waals surface area contributed by atoms with E-state index in [0.29, 0.717) is 19.5 Å². The zero-order valence-electron chi connectivity index (χ0n) is 23.5. The molecule has 2 atom stereocenters. The zero-order valence-corrected chi connectivity index (χ0v) is 25.1. The summed E-state index contributed by atoms with van der Waals surface area (Å²) in [5.74, 6) is -1.10. The van der Waals surface area contributed by atoms with Crippen molar-refractivity contribution in [3.63, 3.8) is 0 Å². The predicted molar refractivity (Wildman–Crippen MR) is 162 cm³/mol. The van der Waals surface area contributed by atoms with E-state index in [0.717, 1.165) is 30.7 Å². The molecule has 4 heterocycles. The Hall–Kier alpha value is -3.57. The molecule has 0 bridgehead atoms. The van der Waals surface area contributed by atoms with E-state index in [1.807, 2.05) is 6.07 Å². The third kappa shape index (κ3) is 4.68. The van der Waals surface area contributed by atoms with E-state index in [9.17, 15) is 14.0 Å². The SMILES string of the molecule is COc1c(Cl)c(-c2ccc(F)c3sc(N)c(C#N)c23)c(F)c2nc(OC[C@@]34CCCN3C[C@H](F)C4)nc(N(C)CCN)c12. The van der Waals surface area contributed by atoms with Crippen LogP contribution in [0.4, 0.5) is 24.0 Å². The van der Waals surface area contributed by atoms with Gasteiger partial charge in [0.15, 0.2) is 11.6 Å². The van der Waals surface area contributed by atoms with Crippen LogP contribution in [0.3, 0.4) is 0 Å². The van der Waals surface area contributed by atoms with Gasteiger partial charge in [0.25, 0.3) is 0 Å². The van der Waals surface area contributed by atoms with Crippen molar-refractivity contribution in [1.82, 2.24) is 14.9 Å². The Balaban J connectivity index is 1.58. The number of halogens is 4. The lowest BCUT2D eigenvalue weighted by Crippen LogP contribution is -2.43. The number of nitrogens with two attached hydrogens (primary N) is 2. The fraction of sp³-hybridized carbons (Fsp3) is 0.414. The topological polar surface area (TPSA) is 127 Å². The van der Waals surface area contributed by atoms with E-state index in [2.05, 4.69) is 14.9 Å². The van der Waals surface area contributed by atoms with Crippen molar-refractivity contribution in [2.24, 2.45) is 5.73 Å². The summed E-state index contributed by atoms with van der Waals surface area (Å²) < 4.78 is 57.9. The Bertz CT molecular complexity index is 1800. The van der Waals surface area contributed by atoms with E-state index in [-0.39, 0.29) is 78.4 Å². The van der Waals surface area contributed by atoms with Crippen LogP contribution in [0.2, 0.25) is 5.02 Å². The van der Waals surface area contributed by atoms with Gasteiger partial charge in [0.2, 0.25) is 0 Å². The third-order valence-electron chi connectivity index (χ3n) is 8.40. The monoisotopic (exact) mass is 631 g/mol. The molecule has 0 radical (unpaired) electrons. The fourth-order valence-corrected chi connectivity index (χ4v) is 7.77. The number of hydrogen-bond donors (Lipinski definition) is 2. The van der Waals surface area contributed by atoms with E-state index in [1.54, 1.807) is 11.9 Å². The van der Waals surface area contributed by atoms with Crippen LogP contribution in [-0.4, -0.2) is 73.5 Å². The molecule has 2 aliphatic heterocycles. The molecule has 2 fully saturated rings. The number of likely N-dealkylation sites (N-methyl/N-ethyl adjacent to an activating group) is 1. The molecule has 6 rings (SSSR count). The van der Waals surface area contributed by atoms with Crippen LogP contribution in [0.5, 0.6) is 11.8 Å². The molecule has 4 aromatic rings. The van der Waals surface area contributed by atoms with Crippen molar-refractivity contribution in [1.29, 1.82) is 5.26 Å². The molecule has 14 heteroatoms. The van der Waals surface area contributed by atoms with Gasteiger partial charge in [-0.25, -0.2) is 13.2 Å². The van der Waals surface area contributed by atoms with E-state index < -0.39 is 23.3 Å². The molecule has 0 saturated carbocycles. The second kappa shape index (κ2) is 11.2. The highest BCUT2D eigenvalue weighted by molar-refractivity contribution is 7.23. The van der Waals surface area contributed by atoms with Gasteiger partial charge in [0.1, 0.15) is 41.0 Å². The number of benzene rings is 2. The lowest BCUT2D eigenvalue weighted by molar-refractivity contribution is 0.107. The molecular formula is C29H29ClF3N7O2S. The summed E-state index contributed by atoms with van der Waals surface area (Å²) in [4.78, 5) is 12.9. The summed E-state index contributed by atoms with van der Waals surface area (Å²) in [6.07, 6.45) is 1.09. The summed E-state index contributed by atoms with van der Waals surface area (Å²) >= 11 is 7.74. The standard InChI is InChI=1S/C29H29ClF3N7O2S/c1-39(9-7-34)27-20-23(37-28(38-27)42-13-29-6-3-8-40(29)12-14(31)10-29)22(33)19(21(30)24(20)41-2)15-4-5-17(32)25-18(15)16(11-35)26(36)43-25/h4-5,14H,3,6-10,12-13,34,36H2,1-2H3/t14-,29+/m1/s1. The molecule has 0 spiro atoms. The van der Waals surface area contributed by atoms with Gasteiger partial charge in [-0.2, -0.15) is 15.2 Å². The van der Waals surface area contributed by atoms with E-state index in [4.69, 9.17) is 32.5 Å². The number of ether oxygens (including phenoxy) is 2. The minimum Gasteiger partial charge on any atom is -0.494 e. The number of thiophene rings is 1. The van der Waals surface area contributed by atoms with Gasteiger partial charge >= 0.3 is 6.01 Å². The summed E-state index contributed by atoms with van der Waals surface area (Å²) in [6.45, 7) is 1.90. The lowest BCUT2D eigenvalue weighted by atomic mass is 9.95. The number of methoxy groups -OCH3 is 1. The van der Waals surface area contributed by atoms with E-state index >= 15 is 4.39 Å². The Kier molecular flexibility index (Phi) is 7.66. The number of aromatic nitrogens is 2. The molecule has 2 aromatic carbocycles. The Morgan fingerprint density at radius 2 is 2.09 bits per heavy atom. The highest BCUT2D eigenvalue weighted by Crippen LogP contribution is 2.50. The maximum absolute atomic E-state index is 16.8. The molecule has 9 nitrogen and oxygen atoms in total. The normalized spacial score (nSPS) is 20.1. The number of nitrogen functional groups attached to an aromatic ring is 1. The number of nitriles is 1. The first kappa shape index (κ1) is 29.5. The molecule has 2 aliphatic rings. The van der Waals surface area contributed by atoms with Crippen LogP contribution >= 0.6 is 22.9 Å². The lowest BCUT2D eigenvalue weighted by Gasteiger charge is -2.31.